The number of hydrogen-bond acceptors (Lipinski definition) is 7. The zero-order chi connectivity index (χ0) is 22.5. The molecule has 3 rings (SSSR count). The van der Waals surface area contributed by atoms with Crippen LogP contribution in [0.3, 0.4) is 0 Å². The van der Waals surface area contributed by atoms with Crippen molar-refractivity contribution in [1.29, 1.82) is 0 Å². The van der Waals surface area contributed by atoms with E-state index < -0.39 is 35.2 Å². The average Bonchev–Trinajstić information content (AvgIpc) is 2.79. The molecule has 0 saturated heterocycles. The van der Waals surface area contributed by atoms with Crippen LogP contribution in [0, 0.1) is 0 Å². The first-order valence-corrected chi connectivity index (χ1v) is 9.36. The smallest absolute Gasteiger partial charge is 0.338 e. The second-order valence-corrected chi connectivity index (χ2v) is 6.83. The molecule has 3 aromatic rings. The lowest BCUT2D eigenvalue weighted by molar-refractivity contribution is 0.0474. The van der Waals surface area contributed by atoms with Crippen molar-refractivity contribution < 1.29 is 19.4 Å². The fourth-order valence-corrected chi connectivity index (χ4v) is 3.00. The number of rotatable bonds is 7. The van der Waals surface area contributed by atoms with Crippen molar-refractivity contribution in [2.24, 2.45) is 7.05 Å². The Morgan fingerprint density at radius 3 is 2.26 bits per heavy atom. The summed E-state index contributed by atoms with van der Waals surface area (Å²) >= 11 is 0. The minimum atomic E-state index is -0.861. The molecule has 0 bridgehead atoms. The molecule has 0 unspecified atom stereocenters. The zero-order valence-electron chi connectivity index (χ0n) is 16.8. The molecule has 0 radical (unpaired) electrons. The third-order valence-corrected chi connectivity index (χ3v) is 4.75. The van der Waals surface area contributed by atoms with Crippen LogP contribution < -0.4 is 17.0 Å². The highest BCUT2D eigenvalue weighted by molar-refractivity contribution is 6.02. The first-order chi connectivity index (χ1) is 14.8. The molecule has 0 aliphatic heterocycles. The molecule has 1 aromatic heterocycles. The van der Waals surface area contributed by atoms with Crippen LogP contribution in [0.4, 0.5) is 5.82 Å². The van der Waals surface area contributed by atoms with E-state index in [0.717, 1.165) is 14.7 Å². The van der Waals surface area contributed by atoms with E-state index in [1.54, 1.807) is 36.4 Å². The average molecular weight is 423 g/mol. The molecule has 2 aromatic carbocycles. The second-order valence-electron chi connectivity index (χ2n) is 6.83. The minimum absolute atomic E-state index is 0.0664. The number of aromatic nitrogens is 2. The van der Waals surface area contributed by atoms with Gasteiger partial charge in [-0.2, -0.15) is 0 Å². The van der Waals surface area contributed by atoms with Crippen molar-refractivity contribution in [3.63, 3.8) is 0 Å². The molecule has 160 valence electrons. The van der Waals surface area contributed by atoms with E-state index >= 15 is 0 Å². The van der Waals surface area contributed by atoms with Crippen LogP contribution in [-0.4, -0.2) is 32.6 Å². The van der Waals surface area contributed by atoms with E-state index in [4.69, 9.17) is 15.6 Å². The van der Waals surface area contributed by atoms with Crippen LogP contribution in [0.1, 0.15) is 31.8 Å². The number of carbonyl (C=O) groups is 2. The largest absolute Gasteiger partial charge is 0.454 e. The van der Waals surface area contributed by atoms with E-state index in [-0.39, 0.29) is 24.5 Å². The summed E-state index contributed by atoms with van der Waals surface area (Å²) in [5, 5.41) is 9.05. The van der Waals surface area contributed by atoms with E-state index in [2.05, 4.69) is 0 Å². The zero-order valence-corrected chi connectivity index (χ0v) is 16.8. The molecular weight excluding hydrogens is 402 g/mol. The number of benzene rings is 2. The Bertz CT molecular complexity index is 1230. The summed E-state index contributed by atoms with van der Waals surface area (Å²) in [6.45, 7) is -0.824. The van der Waals surface area contributed by atoms with Gasteiger partial charge in [-0.05, 0) is 23.3 Å². The predicted octanol–water partition coefficient (Wildman–Crippen LogP) is 0.709. The van der Waals surface area contributed by atoms with Gasteiger partial charge in [0, 0.05) is 7.05 Å². The van der Waals surface area contributed by atoms with Gasteiger partial charge in [-0.15, -0.1) is 0 Å². The molecule has 1 heterocycles. The van der Waals surface area contributed by atoms with Crippen LogP contribution in [-0.2, 0) is 24.9 Å². The fraction of sp³-hybridized carbons (Fsp3) is 0.182. The molecule has 0 atom stereocenters. The lowest BCUT2D eigenvalue weighted by Crippen LogP contribution is -2.43. The van der Waals surface area contributed by atoms with Crippen molar-refractivity contribution in [1.82, 2.24) is 9.13 Å². The summed E-state index contributed by atoms with van der Waals surface area (Å²) in [5.74, 6) is -1.88. The molecule has 0 spiro atoms. The summed E-state index contributed by atoms with van der Waals surface area (Å²) in [7, 11) is 1.25. The van der Waals surface area contributed by atoms with Crippen molar-refractivity contribution in [2.45, 2.75) is 13.2 Å². The third-order valence-electron chi connectivity index (χ3n) is 4.75. The Hall–Kier alpha value is -3.98. The van der Waals surface area contributed by atoms with Crippen molar-refractivity contribution in [3.8, 4) is 0 Å². The number of carbonyl (C=O) groups excluding carboxylic acids is 2. The number of aliphatic hydroxyl groups excluding tert-OH is 1. The lowest BCUT2D eigenvalue weighted by atomic mass is 10.1. The van der Waals surface area contributed by atoms with Crippen LogP contribution in [0.2, 0.25) is 0 Å². The Labute approximate surface area is 176 Å². The Morgan fingerprint density at radius 2 is 1.65 bits per heavy atom. The molecule has 31 heavy (non-hydrogen) atoms. The third kappa shape index (κ3) is 4.62. The van der Waals surface area contributed by atoms with Crippen molar-refractivity contribution >= 4 is 17.6 Å². The number of anilines is 1. The maximum Gasteiger partial charge on any atom is 0.338 e. The number of nitrogens with two attached hydrogens (primary N) is 1. The van der Waals surface area contributed by atoms with Crippen LogP contribution in [0.25, 0.3) is 0 Å². The number of Topliss-reactive ketones (excluding diaryl/α,β-unsaturated/α-hetero) is 1. The quantitative estimate of drug-likeness (QED) is 0.422. The van der Waals surface area contributed by atoms with Gasteiger partial charge < -0.3 is 15.6 Å². The molecule has 0 amide bonds. The van der Waals surface area contributed by atoms with Gasteiger partial charge in [0.15, 0.2) is 6.61 Å². The van der Waals surface area contributed by atoms with E-state index in [1.807, 2.05) is 6.07 Å². The highest BCUT2D eigenvalue weighted by Gasteiger charge is 2.23. The van der Waals surface area contributed by atoms with Gasteiger partial charge in [0.2, 0.25) is 5.78 Å². The number of nitrogens with zero attached hydrogens (tertiary/aromatic N) is 2. The molecule has 0 aliphatic carbocycles. The normalized spacial score (nSPS) is 10.6. The second kappa shape index (κ2) is 9.23. The van der Waals surface area contributed by atoms with Crippen LogP contribution in [0.15, 0.2) is 64.2 Å². The van der Waals surface area contributed by atoms with E-state index in [9.17, 15) is 19.2 Å². The summed E-state index contributed by atoms with van der Waals surface area (Å²) < 4.78 is 6.93. The minimum Gasteiger partial charge on any atom is -0.454 e. The van der Waals surface area contributed by atoms with Crippen molar-refractivity contribution in [3.05, 3.63) is 97.7 Å². The van der Waals surface area contributed by atoms with Crippen molar-refractivity contribution in [2.75, 3.05) is 12.3 Å². The maximum absolute atomic E-state index is 12.7. The number of hydrogen-bond donors (Lipinski definition) is 2. The topological polar surface area (TPSA) is 134 Å². The Balaban J connectivity index is 1.85. The van der Waals surface area contributed by atoms with Crippen LogP contribution >= 0.6 is 0 Å². The molecule has 0 aliphatic rings. The molecule has 0 fully saturated rings. The highest BCUT2D eigenvalue weighted by Crippen LogP contribution is 2.11. The number of nitrogen functional groups attached to an aromatic ring is 1. The van der Waals surface area contributed by atoms with Gasteiger partial charge in [0.1, 0.15) is 11.4 Å². The molecule has 9 nitrogen and oxygen atoms in total. The number of ether oxygens (including phenoxy) is 1. The lowest BCUT2D eigenvalue weighted by Gasteiger charge is -2.14. The summed E-state index contributed by atoms with van der Waals surface area (Å²) in [5.41, 5.74) is 5.63. The molecule has 9 heteroatoms. The fourth-order valence-electron chi connectivity index (χ4n) is 3.00. The van der Waals surface area contributed by atoms with Gasteiger partial charge in [0.25, 0.3) is 5.56 Å². The maximum atomic E-state index is 12.7. The van der Waals surface area contributed by atoms with Gasteiger partial charge >= 0.3 is 11.7 Å². The number of esters is 1. The van der Waals surface area contributed by atoms with E-state index in [1.165, 1.54) is 19.2 Å². The number of aliphatic hydroxyl groups is 1. The van der Waals surface area contributed by atoms with E-state index in [0.29, 0.717) is 5.56 Å². The monoisotopic (exact) mass is 423 g/mol. The van der Waals surface area contributed by atoms with Gasteiger partial charge in [-0.25, -0.2) is 9.59 Å². The molecule has 3 N–H and O–H groups in total. The van der Waals surface area contributed by atoms with Gasteiger partial charge in [0.05, 0.1) is 18.7 Å². The Morgan fingerprint density at radius 1 is 1.00 bits per heavy atom. The summed E-state index contributed by atoms with van der Waals surface area (Å²) in [4.78, 5) is 49.9. The Kier molecular flexibility index (Phi) is 6.46. The van der Waals surface area contributed by atoms with Gasteiger partial charge in [-0.3, -0.25) is 18.7 Å². The first kappa shape index (κ1) is 21.7. The van der Waals surface area contributed by atoms with Crippen LogP contribution in [0.5, 0.6) is 0 Å². The molecule has 0 saturated carbocycles. The summed E-state index contributed by atoms with van der Waals surface area (Å²) in [6, 6.07) is 14.9. The predicted molar refractivity (Wildman–Crippen MR) is 113 cm³/mol. The summed E-state index contributed by atoms with van der Waals surface area (Å²) in [6.07, 6.45) is 0. The SMILES string of the molecule is Cn1c(=O)c(C(=O)COC(=O)c2ccc(CO)cc2)c(N)n(Cc2ccccc2)c1=O. The molecular formula is C22H21N3O6. The number of ketones is 1. The highest BCUT2D eigenvalue weighted by atomic mass is 16.5. The van der Waals surface area contributed by atoms with Gasteiger partial charge in [-0.1, -0.05) is 42.5 Å². The first-order valence-electron chi connectivity index (χ1n) is 9.36. The standard InChI is InChI=1S/C22H21N3O6/c1-24-20(28)18(19(23)25(22(24)30)11-14-5-3-2-4-6-14)17(27)13-31-21(29)16-9-7-15(12-26)8-10-16/h2-10,26H,11-13,23H2,1H3.